The van der Waals surface area contributed by atoms with Gasteiger partial charge in [0.05, 0.1) is 11.0 Å². The van der Waals surface area contributed by atoms with Crippen molar-refractivity contribution in [2.24, 2.45) is 11.7 Å². The molecule has 1 unspecified atom stereocenters. The van der Waals surface area contributed by atoms with E-state index in [1.165, 1.54) is 11.3 Å². The van der Waals surface area contributed by atoms with Gasteiger partial charge in [0.2, 0.25) is 11.7 Å². The number of piperazine rings is 1. The van der Waals surface area contributed by atoms with Crippen LogP contribution in [0.2, 0.25) is 0 Å². The topological polar surface area (TPSA) is 137 Å². The van der Waals surface area contributed by atoms with Gasteiger partial charge in [-0.3, -0.25) is 0 Å². The molecule has 3 aromatic rings. The molecule has 11 heteroatoms. The van der Waals surface area contributed by atoms with Crippen LogP contribution < -0.4 is 21.3 Å². The summed E-state index contributed by atoms with van der Waals surface area (Å²) in [7, 11) is 2.15. The summed E-state index contributed by atoms with van der Waals surface area (Å²) in [6.45, 7) is 8.51. The van der Waals surface area contributed by atoms with Gasteiger partial charge in [-0.1, -0.05) is 5.16 Å². The zero-order valence-corrected chi connectivity index (χ0v) is 22.2. The lowest BCUT2D eigenvalue weighted by atomic mass is 9.72. The molecule has 0 bridgehead atoms. The molecule has 5 heterocycles. The Hall–Kier alpha value is -3.20. The highest BCUT2D eigenvalue weighted by Crippen LogP contribution is 2.48. The van der Waals surface area contributed by atoms with Gasteiger partial charge in [-0.2, -0.15) is 10.2 Å². The predicted molar refractivity (Wildman–Crippen MR) is 145 cm³/mol. The number of likely N-dealkylation sites (N-methyl/N-ethyl adjacent to an activating group) is 1. The average Bonchev–Trinajstić information content (AvgIpc) is 3.49. The van der Waals surface area contributed by atoms with Crippen molar-refractivity contribution in [1.82, 2.24) is 20.0 Å². The normalized spacial score (nSPS) is 22.5. The first-order chi connectivity index (χ1) is 17.9. The van der Waals surface area contributed by atoms with E-state index >= 15 is 0 Å². The number of anilines is 3. The van der Waals surface area contributed by atoms with Gasteiger partial charge < -0.3 is 30.7 Å². The molecule has 3 aliphatic rings. The lowest BCUT2D eigenvalue weighted by molar-refractivity contribution is 0.300. The summed E-state index contributed by atoms with van der Waals surface area (Å²) in [5.74, 6) is 2.44. The zero-order chi connectivity index (χ0) is 25.7. The molecule has 2 fully saturated rings. The minimum Gasteiger partial charge on any atom is -0.389 e. The maximum Gasteiger partial charge on any atom is 0.237 e. The Bertz CT molecular complexity index is 1350. The molecule has 1 aliphatic carbocycles. The van der Waals surface area contributed by atoms with Gasteiger partial charge in [0.15, 0.2) is 0 Å². The Morgan fingerprint density at radius 3 is 2.70 bits per heavy atom. The van der Waals surface area contributed by atoms with Crippen LogP contribution in [0.5, 0.6) is 0 Å². The first-order valence-corrected chi connectivity index (χ1v) is 13.8. The Labute approximate surface area is 220 Å². The Balaban J connectivity index is 1.37. The summed E-state index contributed by atoms with van der Waals surface area (Å²) in [6, 6.07) is 6.54. The third-order valence-electron chi connectivity index (χ3n) is 8.16. The van der Waals surface area contributed by atoms with Crippen LogP contribution in [0.15, 0.2) is 16.7 Å². The lowest BCUT2D eigenvalue weighted by Crippen LogP contribution is -2.50. The van der Waals surface area contributed by atoms with E-state index in [1.807, 2.05) is 0 Å². The standard InChI is InChI=1S/C26H33N9OS/c1-26(5-3-4-20-22(26)18(13-28)23(29)37-20)25-31-24(32-36-25)19-10-17(35-14-16(12-27)15-35)11-21(30-19)34-8-6-33(2)7-9-34/h10-11,16H,3-9,12,14-15,27,29H2,1-2H3. The molecular weight excluding hydrogens is 486 g/mol. The van der Waals surface area contributed by atoms with Gasteiger partial charge in [0, 0.05) is 67.4 Å². The van der Waals surface area contributed by atoms with E-state index in [-0.39, 0.29) is 0 Å². The summed E-state index contributed by atoms with van der Waals surface area (Å²) in [4.78, 5) is 18.0. The Morgan fingerprint density at radius 1 is 1.19 bits per heavy atom. The van der Waals surface area contributed by atoms with E-state index in [4.69, 9.17) is 26.0 Å². The van der Waals surface area contributed by atoms with Gasteiger partial charge in [-0.25, -0.2) is 4.98 Å². The number of nitrogen functional groups attached to an aromatic ring is 1. The number of aryl methyl sites for hydroxylation is 1. The summed E-state index contributed by atoms with van der Waals surface area (Å²) in [5, 5.41) is 14.8. The number of thiophene rings is 1. The third-order valence-corrected chi connectivity index (χ3v) is 9.24. The maximum atomic E-state index is 9.82. The Morgan fingerprint density at radius 2 is 1.97 bits per heavy atom. The second-order valence-corrected chi connectivity index (χ2v) is 11.9. The van der Waals surface area contributed by atoms with Crippen LogP contribution in [0, 0.1) is 17.2 Å². The van der Waals surface area contributed by atoms with Crippen molar-refractivity contribution < 1.29 is 4.52 Å². The van der Waals surface area contributed by atoms with E-state index in [1.54, 1.807) is 0 Å². The van der Waals surface area contributed by atoms with Crippen molar-refractivity contribution in [2.75, 3.05) is 68.4 Å². The quantitative estimate of drug-likeness (QED) is 0.517. The molecule has 4 N–H and O–H groups in total. The van der Waals surface area contributed by atoms with Crippen molar-refractivity contribution in [2.45, 2.75) is 31.6 Å². The van der Waals surface area contributed by atoms with Crippen LogP contribution >= 0.6 is 11.3 Å². The average molecular weight is 520 g/mol. The molecule has 194 valence electrons. The third kappa shape index (κ3) is 4.13. The number of hydrogen-bond acceptors (Lipinski definition) is 11. The predicted octanol–water partition coefficient (Wildman–Crippen LogP) is 2.44. The largest absolute Gasteiger partial charge is 0.389 e. The van der Waals surface area contributed by atoms with Crippen molar-refractivity contribution in [3.63, 3.8) is 0 Å². The van der Waals surface area contributed by atoms with Crippen molar-refractivity contribution in [1.29, 1.82) is 5.26 Å². The van der Waals surface area contributed by atoms with Gasteiger partial charge in [0.1, 0.15) is 22.6 Å². The van der Waals surface area contributed by atoms with Crippen LogP contribution in [0.4, 0.5) is 16.5 Å². The van der Waals surface area contributed by atoms with Crippen LogP contribution in [0.1, 0.15) is 41.7 Å². The number of fused-ring (bicyclic) bond motifs is 1. The van der Waals surface area contributed by atoms with Crippen LogP contribution in [-0.2, 0) is 11.8 Å². The van der Waals surface area contributed by atoms with Gasteiger partial charge in [0.25, 0.3) is 0 Å². The smallest absolute Gasteiger partial charge is 0.237 e. The van der Waals surface area contributed by atoms with E-state index in [0.717, 1.165) is 80.5 Å². The van der Waals surface area contributed by atoms with E-state index < -0.39 is 5.41 Å². The van der Waals surface area contributed by atoms with Crippen LogP contribution in [-0.4, -0.2) is 72.9 Å². The molecule has 37 heavy (non-hydrogen) atoms. The summed E-state index contributed by atoms with van der Waals surface area (Å²) in [5.41, 5.74) is 14.8. The number of nitriles is 1. The monoisotopic (exact) mass is 519 g/mol. The number of rotatable bonds is 5. The van der Waals surface area contributed by atoms with Gasteiger partial charge >= 0.3 is 0 Å². The minimum atomic E-state index is -0.554. The van der Waals surface area contributed by atoms with Crippen LogP contribution in [0.3, 0.4) is 0 Å². The van der Waals surface area contributed by atoms with E-state index in [2.05, 4.69) is 52.0 Å². The molecule has 6 rings (SSSR count). The molecule has 0 spiro atoms. The molecule has 1 atom stereocenters. The highest BCUT2D eigenvalue weighted by molar-refractivity contribution is 7.16. The number of nitrogens with zero attached hydrogens (tertiary/aromatic N) is 7. The molecular formula is C26H33N9OS. The fraction of sp³-hybridized carbons (Fsp3) is 0.538. The van der Waals surface area contributed by atoms with Gasteiger partial charge in [-0.15, -0.1) is 11.3 Å². The van der Waals surface area contributed by atoms with E-state index in [0.29, 0.717) is 40.4 Å². The van der Waals surface area contributed by atoms with Crippen molar-refractivity contribution in [3.8, 4) is 17.6 Å². The molecule has 2 aliphatic heterocycles. The van der Waals surface area contributed by atoms with Crippen molar-refractivity contribution in [3.05, 3.63) is 34.0 Å². The first kappa shape index (κ1) is 24.2. The number of aromatic nitrogens is 3. The minimum absolute atomic E-state index is 0.471. The number of pyridine rings is 1. The molecule has 0 saturated carbocycles. The Kier molecular flexibility index (Phi) is 6.06. The van der Waals surface area contributed by atoms with Crippen LogP contribution in [0.25, 0.3) is 11.5 Å². The second kappa shape index (κ2) is 9.28. The first-order valence-electron chi connectivity index (χ1n) is 13.0. The van der Waals surface area contributed by atoms with E-state index in [9.17, 15) is 5.26 Å². The summed E-state index contributed by atoms with van der Waals surface area (Å²) < 4.78 is 5.90. The molecule has 0 aromatic carbocycles. The molecule has 3 aromatic heterocycles. The summed E-state index contributed by atoms with van der Waals surface area (Å²) in [6.07, 6.45) is 2.71. The molecule has 0 amide bonds. The fourth-order valence-corrected chi connectivity index (χ4v) is 6.98. The molecule has 0 radical (unpaired) electrons. The summed E-state index contributed by atoms with van der Waals surface area (Å²) >= 11 is 1.51. The molecule has 2 saturated heterocycles. The highest BCUT2D eigenvalue weighted by atomic mass is 32.1. The lowest BCUT2D eigenvalue weighted by Gasteiger charge is -2.41. The molecule has 10 nitrogen and oxygen atoms in total. The number of hydrogen-bond donors (Lipinski definition) is 2. The fourth-order valence-electron chi connectivity index (χ4n) is 5.79. The highest BCUT2D eigenvalue weighted by Gasteiger charge is 2.43. The number of nitrogens with two attached hydrogens (primary N) is 2. The SMILES string of the molecule is CN1CCN(c2cc(N3CC(CN)C3)cc(-c3noc(C4(C)CCCc5sc(N)c(C#N)c54)n3)n2)CC1. The van der Waals surface area contributed by atoms with Crippen molar-refractivity contribution >= 4 is 27.8 Å². The zero-order valence-electron chi connectivity index (χ0n) is 21.4. The van der Waals surface area contributed by atoms with Gasteiger partial charge in [-0.05, 0) is 45.8 Å². The maximum absolute atomic E-state index is 9.82. The second-order valence-electron chi connectivity index (χ2n) is 10.7.